The molecular formula is C25H28ClFN2O2S. The lowest BCUT2D eigenvalue weighted by molar-refractivity contribution is 0.115. The monoisotopic (exact) mass is 474 g/mol. The van der Waals surface area contributed by atoms with E-state index in [1.165, 1.54) is 17.4 Å². The molecule has 4 rings (SSSR count). The second kappa shape index (κ2) is 9.77. The molecule has 170 valence electrons. The van der Waals surface area contributed by atoms with Gasteiger partial charge in [0.15, 0.2) is 0 Å². The normalized spacial score (nSPS) is 14.6. The number of benzene rings is 2. The van der Waals surface area contributed by atoms with Crippen molar-refractivity contribution in [3.8, 4) is 32.5 Å². The van der Waals surface area contributed by atoms with Gasteiger partial charge in [0.05, 0.1) is 23.1 Å². The first-order chi connectivity index (χ1) is 15.3. The number of rotatable bonds is 8. The number of aromatic nitrogens is 1. The molecule has 1 aromatic heterocycles. The molecular weight excluding hydrogens is 447 g/mol. The molecule has 0 amide bonds. The molecule has 0 saturated carbocycles. The summed E-state index contributed by atoms with van der Waals surface area (Å²) in [5.74, 6) is 1.85. The fraction of sp³-hybridized carbons (Fsp3) is 0.400. The molecule has 32 heavy (non-hydrogen) atoms. The van der Waals surface area contributed by atoms with Crippen molar-refractivity contribution in [3.05, 3.63) is 52.9 Å². The summed E-state index contributed by atoms with van der Waals surface area (Å²) >= 11 is 7.89. The fourth-order valence-corrected chi connectivity index (χ4v) is 5.22. The van der Waals surface area contributed by atoms with E-state index < -0.39 is 0 Å². The van der Waals surface area contributed by atoms with Gasteiger partial charge in [0.1, 0.15) is 22.3 Å². The van der Waals surface area contributed by atoms with E-state index in [0.717, 1.165) is 58.5 Å². The minimum Gasteiger partial charge on any atom is -0.496 e. The van der Waals surface area contributed by atoms with Crippen molar-refractivity contribution in [2.24, 2.45) is 5.92 Å². The minimum absolute atomic E-state index is 0.0453. The van der Waals surface area contributed by atoms with Crippen LogP contribution in [-0.2, 0) is 6.42 Å². The third-order valence-electron chi connectivity index (χ3n) is 5.48. The zero-order chi connectivity index (χ0) is 22.8. The van der Waals surface area contributed by atoms with Gasteiger partial charge >= 0.3 is 0 Å². The summed E-state index contributed by atoms with van der Waals surface area (Å²) in [5, 5.41) is 1.35. The predicted molar refractivity (Wildman–Crippen MR) is 130 cm³/mol. The summed E-state index contributed by atoms with van der Waals surface area (Å²) < 4.78 is 26.0. The number of hydrogen-bond donors (Lipinski definition) is 0. The van der Waals surface area contributed by atoms with E-state index in [0.29, 0.717) is 16.5 Å². The summed E-state index contributed by atoms with van der Waals surface area (Å²) in [4.78, 5) is 7.81. The zero-order valence-electron chi connectivity index (χ0n) is 18.8. The lowest BCUT2D eigenvalue weighted by Gasteiger charge is -2.37. The number of halogens is 2. The molecule has 4 nitrogen and oxygen atoms in total. The van der Waals surface area contributed by atoms with Gasteiger partial charge in [0, 0.05) is 37.0 Å². The average Bonchev–Trinajstić information content (AvgIpc) is 3.21. The lowest BCUT2D eigenvalue weighted by atomic mass is 10.00. The highest BCUT2D eigenvalue weighted by Crippen LogP contribution is 2.41. The molecule has 7 heteroatoms. The van der Waals surface area contributed by atoms with E-state index in [1.54, 1.807) is 19.4 Å². The van der Waals surface area contributed by atoms with Gasteiger partial charge in [0.2, 0.25) is 0 Å². The van der Waals surface area contributed by atoms with E-state index in [-0.39, 0.29) is 11.9 Å². The maximum Gasteiger partial charge on any atom is 0.138 e. The number of hydrogen-bond acceptors (Lipinski definition) is 5. The first kappa shape index (κ1) is 23.0. The van der Waals surface area contributed by atoms with Crippen LogP contribution in [0, 0.1) is 11.7 Å². The Morgan fingerprint density at radius 2 is 2.03 bits per heavy atom. The van der Waals surface area contributed by atoms with E-state index in [4.69, 9.17) is 21.1 Å². The van der Waals surface area contributed by atoms with E-state index in [2.05, 4.69) is 16.8 Å². The molecule has 0 radical (unpaired) electrons. The summed E-state index contributed by atoms with van der Waals surface area (Å²) in [7, 11) is 1.64. The fourth-order valence-electron chi connectivity index (χ4n) is 4.06. The van der Waals surface area contributed by atoms with Gasteiger partial charge < -0.3 is 14.4 Å². The highest BCUT2D eigenvalue weighted by Gasteiger charge is 2.23. The molecule has 1 fully saturated rings. The van der Waals surface area contributed by atoms with Crippen LogP contribution in [0.5, 0.6) is 11.5 Å². The first-order valence-corrected chi connectivity index (χ1v) is 12.0. The van der Waals surface area contributed by atoms with Gasteiger partial charge in [-0.2, -0.15) is 0 Å². The summed E-state index contributed by atoms with van der Waals surface area (Å²) in [6, 6.07) is 8.76. The molecule has 0 bridgehead atoms. The predicted octanol–water partition coefficient (Wildman–Crippen LogP) is 6.56. The van der Waals surface area contributed by atoms with E-state index in [9.17, 15) is 4.39 Å². The number of ether oxygens (including phenoxy) is 2. The molecule has 0 aliphatic carbocycles. The van der Waals surface area contributed by atoms with Crippen LogP contribution in [0.2, 0.25) is 5.02 Å². The van der Waals surface area contributed by atoms with Crippen LogP contribution in [0.25, 0.3) is 21.0 Å². The standard InChI is InChI=1S/C25H28ClFN2O2S/c1-15(2)31-22-6-5-18(10-21(22)26)25-28-12-23(32-25)20-11-19(27)9-17(24(20)30-4)7-8-29-13-16(3)14-29/h5-6,9-12,15-16H,7-8,13-14H2,1-4H3. The Morgan fingerprint density at radius 3 is 2.69 bits per heavy atom. The number of methoxy groups -OCH3 is 1. The van der Waals surface area contributed by atoms with Crippen molar-refractivity contribution in [2.75, 3.05) is 26.7 Å². The van der Waals surface area contributed by atoms with Gasteiger partial charge in [0.25, 0.3) is 0 Å². The molecule has 0 atom stereocenters. The summed E-state index contributed by atoms with van der Waals surface area (Å²) in [6.07, 6.45) is 2.56. The number of nitrogens with zero attached hydrogens (tertiary/aromatic N) is 2. The molecule has 3 aromatic rings. The molecule has 1 saturated heterocycles. The molecule has 0 unspecified atom stereocenters. The Balaban J connectivity index is 1.60. The highest BCUT2D eigenvalue weighted by atomic mass is 35.5. The molecule has 2 heterocycles. The van der Waals surface area contributed by atoms with Crippen LogP contribution < -0.4 is 9.47 Å². The number of thiazole rings is 1. The highest BCUT2D eigenvalue weighted by molar-refractivity contribution is 7.18. The SMILES string of the molecule is COc1c(CCN2CC(C)C2)cc(F)cc1-c1cnc(-c2ccc(OC(C)C)c(Cl)c2)s1. The molecule has 0 spiro atoms. The third-order valence-corrected chi connectivity index (χ3v) is 6.86. The smallest absolute Gasteiger partial charge is 0.138 e. The lowest BCUT2D eigenvalue weighted by Crippen LogP contribution is -2.45. The topological polar surface area (TPSA) is 34.6 Å². The van der Waals surface area contributed by atoms with Crippen LogP contribution in [-0.4, -0.2) is 42.7 Å². The quantitative estimate of drug-likeness (QED) is 0.370. The third kappa shape index (κ3) is 5.08. The number of likely N-dealkylation sites (tertiary alicyclic amines) is 1. The molecule has 1 aliphatic rings. The van der Waals surface area contributed by atoms with Crippen LogP contribution in [0.4, 0.5) is 4.39 Å². The molecule has 1 aliphatic heterocycles. The molecule has 2 aromatic carbocycles. The van der Waals surface area contributed by atoms with E-state index >= 15 is 0 Å². The van der Waals surface area contributed by atoms with Gasteiger partial charge in [-0.1, -0.05) is 18.5 Å². The second-order valence-electron chi connectivity index (χ2n) is 8.60. The second-order valence-corrected chi connectivity index (χ2v) is 10.0. The Morgan fingerprint density at radius 1 is 1.25 bits per heavy atom. The van der Waals surface area contributed by atoms with Crippen molar-refractivity contribution < 1.29 is 13.9 Å². The maximum atomic E-state index is 14.5. The van der Waals surface area contributed by atoms with Crippen LogP contribution in [0.1, 0.15) is 26.3 Å². The summed E-state index contributed by atoms with van der Waals surface area (Å²) in [5.41, 5.74) is 2.51. The molecule has 0 N–H and O–H groups in total. The Labute approximate surface area is 198 Å². The van der Waals surface area contributed by atoms with Crippen molar-refractivity contribution in [2.45, 2.75) is 33.3 Å². The Hall–Kier alpha value is -2.15. The van der Waals surface area contributed by atoms with Crippen molar-refractivity contribution in [3.63, 3.8) is 0 Å². The van der Waals surface area contributed by atoms with Gasteiger partial charge in [-0.15, -0.1) is 11.3 Å². The zero-order valence-corrected chi connectivity index (χ0v) is 20.4. The van der Waals surface area contributed by atoms with Crippen LogP contribution in [0.3, 0.4) is 0 Å². The van der Waals surface area contributed by atoms with Crippen molar-refractivity contribution in [1.29, 1.82) is 0 Å². The Kier molecular flexibility index (Phi) is 7.03. The largest absolute Gasteiger partial charge is 0.496 e. The van der Waals surface area contributed by atoms with Crippen LogP contribution in [0.15, 0.2) is 36.5 Å². The van der Waals surface area contributed by atoms with Gasteiger partial charge in [-0.25, -0.2) is 9.37 Å². The average molecular weight is 475 g/mol. The Bertz CT molecular complexity index is 1100. The van der Waals surface area contributed by atoms with E-state index in [1.807, 2.05) is 32.0 Å². The van der Waals surface area contributed by atoms with Crippen molar-refractivity contribution in [1.82, 2.24) is 9.88 Å². The first-order valence-electron chi connectivity index (χ1n) is 10.9. The van der Waals surface area contributed by atoms with Gasteiger partial charge in [-0.3, -0.25) is 0 Å². The van der Waals surface area contributed by atoms with Crippen molar-refractivity contribution >= 4 is 22.9 Å². The van der Waals surface area contributed by atoms with Gasteiger partial charge in [-0.05, 0) is 62.1 Å². The van der Waals surface area contributed by atoms with Crippen LogP contribution >= 0.6 is 22.9 Å². The summed E-state index contributed by atoms with van der Waals surface area (Å²) in [6.45, 7) is 9.28. The maximum absolute atomic E-state index is 14.5. The minimum atomic E-state index is -0.263.